The van der Waals surface area contributed by atoms with E-state index in [9.17, 15) is 8.42 Å². The molecule has 0 spiro atoms. The van der Waals surface area contributed by atoms with Crippen molar-refractivity contribution in [2.45, 2.75) is 4.90 Å². The van der Waals surface area contributed by atoms with E-state index >= 15 is 0 Å². The van der Waals surface area contributed by atoms with E-state index < -0.39 is 9.84 Å². The zero-order valence-electron chi connectivity index (χ0n) is 6.06. The molecule has 5 heteroatoms. The molecule has 1 aliphatic rings. The Morgan fingerprint density at radius 2 is 2.00 bits per heavy atom. The second-order valence-corrected chi connectivity index (χ2v) is 4.13. The van der Waals surface area contributed by atoms with E-state index in [1.807, 2.05) is 0 Å². The highest BCUT2D eigenvalue weighted by Gasteiger charge is 2.18. The smallest absolute Gasteiger partial charge is 0.220 e. The molecule has 1 aromatic rings. The maximum atomic E-state index is 11.3. The number of nitrogens with one attached hydrogen (secondary N) is 1. The first-order valence-electron chi connectivity index (χ1n) is 3.33. The molecule has 1 heterocycles. The van der Waals surface area contributed by atoms with Gasteiger partial charge in [0.15, 0.2) is 0 Å². The van der Waals surface area contributed by atoms with Gasteiger partial charge in [0, 0.05) is 0 Å². The Morgan fingerprint density at radius 1 is 1.25 bits per heavy atom. The van der Waals surface area contributed by atoms with Crippen molar-refractivity contribution in [3.8, 4) is 0 Å². The van der Waals surface area contributed by atoms with Crippen LogP contribution >= 0.6 is 0 Å². The molecule has 0 radical (unpaired) electrons. The molecule has 2 rings (SSSR count). The predicted octanol–water partition coefficient (Wildman–Crippen LogP) is 0.829. The summed E-state index contributed by atoms with van der Waals surface area (Å²) in [6, 6.07) is 6.64. The number of anilines is 1. The maximum Gasteiger partial charge on any atom is 0.220 e. The van der Waals surface area contributed by atoms with E-state index in [0.717, 1.165) is 5.55 Å². The van der Waals surface area contributed by atoms with Crippen LogP contribution in [0.15, 0.2) is 34.3 Å². The number of sulfone groups is 1. The molecule has 0 atom stereocenters. The van der Waals surface area contributed by atoms with Gasteiger partial charge >= 0.3 is 0 Å². The Hall–Kier alpha value is -1.36. The van der Waals surface area contributed by atoms with Crippen molar-refractivity contribution in [3.63, 3.8) is 0 Å². The van der Waals surface area contributed by atoms with Crippen LogP contribution in [0.25, 0.3) is 0 Å². The first-order chi connectivity index (χ1) is 5.70. The molecule has 0 aromatic heterocycles. The van der Waals surface area contributed by atoms with Gasteiger partial charge < -0.3 is 0 Å². The number of hydrogen-bond acceptors (Lipinski definition) is 4. The molecule has 62 valence electrons. The van der Waals surface area contributed by atoms with Crippen LogP contribution in [0.1, 0.15) is 0 Å². The van der Waals surface area contributed by atoms with E-state index in [4.69, 9.17) is 0 Å². The van der Waals surface area contributed by atoms with Crippen LogP contribution in [-0.2, 0) is 9.84 Å². The first-order valence-corrected chi connectivity index (χ1v) is 4.88. The molecule has 0 aliphatic carbocycles. The van der Waals surface area contributed by atoms with Crippen molar-refractivity contribution >= 4 is 21.1 Å². The van der Waals surface area contributed by atoms with E-state index in [1.54, 1.807) is 24.3 Å². The summed E-state index contributed by atoms with van der Waals surface area (Å²) in [5, 5.41) is 3.51. The highest BCUT2D eigenvalue weighted by Crippen LogP contribution is 2.23. The second-order valence-electron chi connectivity index (χ2n) is 2.39. The van der Waals surface area contributed by atoms with Crippen LogP contribution in [0.2, 0.25) is 0 Å². The topological polar surface area (TPSA) is 58.5 Å². The molecule has 1 N–H and O–H groups in total. The van der Waals surface area contributed by atoms with Crippen LogP contribution in [0, 0.1) is 0 Å². The maximum absolute atomic E-state index is 11.3. The van der Waals surface area contributed by atoms with Crippen molar-refractivity contribution < 1.29 is 8.42 Å². The van der Waals surface area contributed by atoms with Gasteiger partial charge in [-0.25, -0.2) is 8.42 Å². The SMILES string of the molecule is O=S1(=O)C=NNc2ccccc21. The molecular weight excluding hydrogens is 176 g/mol. The van der Waals surface area contributed by atoms with E-state index in [-0.39, 0.29) is 4.90 Å². The number of benzene rings is 1. The fraction of sp³-hybridized carbons (Fsp3) is 0. The molecule has 0 fully saturated rings. The fourth-order valence-electron chi connectivity index (χ4n) is 1.03. The number of hydrazone groups is 1. The lowest BCUT2D eigenvalue weighted by molar-refractivity contribution is 0.607. The van der Waals surface area contributed by atoms with Gasteiger partial charge in [-0.05, 0) is 12.1 Å². The molecule has 0 saturated heterocycles. The van der Waals surface area contributed by atoms with Gasteiger partial charge in [0.2, 0.25) is 9.84 Å². The minimum absolute atomic E-state index is 0.278. The largest absolute Gasteiger partial charge is 0.276 e. The lowest BCUT2D eigenvalue weighted by Crippen LogP contribution is -2.11. The molecule has 1 aromatic carbocycles. The van der Waals surface area contributed by atoms with Crippen LogP contribution in [0.4, 0.5) is 5.69 Å². The zero-order chi connectivity index (χ0) is 8.60. The average molecular weight is 182 g/mol. The van der Waals surface area contributed by atoms with Crippen molar-refractivity contribution in [2.75, 3.05) is 5.43 Å². The molecule has 1 aliphatic heterocycles. The van der Waals surface area contributed by atoms with Crippen molar-refractivity contribution in [3.05, 3.63) is 24.3 Å². The van der Waals surface area contributed by atoms with E-state index in [0.29, 0.717) is 5.69 Å². The van der Waals surface area contributed by atoms with Crippen LogP contribution < -0.4 is 5.43 Å². The summed E-state index contributed by atoms with van der Waals surface area (Å²) in [5.74, 6) is 0. The minimum Gasteiger partial charge on any atom is -0.276 e. The Balaban J connectivity index is 2.75. The quantitative estimate of drug-likeness (QED) is 0.646. The Kier molecular flexibility index (Phi) is 1.41. The van der Waals surface area contributed by atoms with E-state index in [2.05, 4.69) is 10.5 Å². The molecular formula is C7H6N2O2S. The molecule has 0 bridgehead atoms. The zero-order valence-corrected chi connectivity index (χ0v) is 6.88. The average Bonchev–Trinajstić information content (AvgIpc) is 2.04. The molecule has 4 nitrogen and oxygen atoms in total. The highest BCUT2D eigenvalue weighted by molar-refractivity contribution is 8.04. The van der Waals surface area contributed by atoms with Gasteiger partial charge in [0.25, 0.3) is 0 Å². The Morgan fingerprint density at radius 3 is 2.75 bits per heavy atom. The number of rotatable bonds is 0. The third-order valence-corrected chi connectivity index (χ3v) is 2.92. The van der Waals surface area contributed by atoms with Crippen LogP contribution in [0.3, 0.4) is 0 Å². The van der Waals surface area contributed by atoms with Crippen LogP contribution in [0.5, 0.6) is 0 Å². The summed E-state index contributed by atoms with van der Waals surface area (Å²) in [4.78, 5) is 0.278. The molecule has 0 saturated carbocycles. The van der Waals surface area contributed by atoms with Gasteiger partial charge in [0.1, 0.15) is 5.55 Å². The summed E-state index contributed by atoms with van der Waals surface area (Å²) in [7, 11) is -3.30. The third kappa shape index (κ3) is 0.984. The summed E-state index contributed by atoms with van der Waals surface area (Å²) < 4.78 is 22.6. The van der Waals surface area contributed by atoms with Crippen molar-refractivity contribution in [1.82, 2.24) is 0 Å². The monoisotopic (exact) mass is 182 g/mol. The summed E-state index contributed by atoms with van der Waals surface area (Å²) in [5.41, 5.74) is 4.05. The first kappa shape index (κ1) is 7.30. The van der Waals surface area contributed by atoms with Crippen molar-refractivity contribution in [1.29, 1.82) is 0 Å². The van der Waals surface area contributed by atoms with Gasteiger partial charge in [-0.1, -0.05) is 12.1 Å². The Bertz CT molecular complexity index is 436. The summed E-state index contributed by atoms with van der Waals surface area (Å²) >= 11 is 0. The molecule has 0 unspecified atom stereocenters. The molecule has 0 amide bonds. The second kappa shape index (κ2) is 2.31. The minimum atomic E-state index is -3.30. The van der Waals surface area contributed by atoms with E-state index in [1.165, 1.54) is 0 Å². The standard InChI is InChI=1S/C7H6N2O2S/c10-12(11)5-8-9-6-3-1-2-4-7(6)12/h1-5,9H. The Labute approximate surface area is 69.8 Å². The van der Waals surface area contributed by atoms with Crippen LogP contribution in [-0.4, -0.2) is 14.0 Å². The lowest BCUT2D eigenvalue weighted by Gasteiger charge is -2.10. The number of para-hydroxylation sites is 1. The lowest BCUT2D eigenvalue weighted by atomic mass is 10.3. The van der Waals surface area contributed by atoms with Gasteiger partial charge in [0.05, 0.1) is 10.6 Å². The van der Waals surface area contributed by atoms with Gasteiger partial charge in [-0.15, -0.1) is 0 Å². The fourth-order valence-corrected chi connectivity index (χ4v) is 2.02. The normalized spacial score (nSPS) is 18.0. The highest BCUT2D eigenvalue weighted by atomic mass is 32.2. The summed E-state index contributed by atoms with van der Waals surface area (Å²) in [6.45, 7) is 0. The predicted molar refractivity (Wildman–Crippen MR) is 45.7 cm³/mol. The molecule has 12 heavy (non-hydrogen) atoms. The number of hydrogen-bond donors (Lipinski definition) is 1. The third-order valence-electron chi connectivity index (χ3n) is 1.57. The number of fused-ring (bicyclic) bond motifs is 1. The van der Waals surface area contributed by atoms with Crippen molar-refractivity contribution in [2.24, 2.45) is 5.10 Å². The van der Waals surface area contributed by atoms with Gasteiger partial charge in [-0.2, -0.15) is 5.10 Å². The summed E-state index contributed by atoms with van der Waals surface area (Å²) in [6.07, 6.45) is 0. The van der Waals surface area contributed by atoms with Gasteiger partial charge in [-0.3, -0.25) is 5.43 Å². The number of nitrogens with zero attached hydrogens (tertiary/aromatic N) is 1.